The molecule has 2 amide bonds. The fourth-order valence-corrected chi connectivity index (χ4v) is 2.97. The molecule has 0 saturated heterocycles. The minimum absolute atomic E-state index is 0. The lowest BCUT2D eigenvalue weighted by atomic mass is 9.99. The van der Waals surface area contributed by atoms with Gasteiger partial charge in [0.1, 0.15) is 0 Å². The van der Waals surface area contributed by atoms with E-state index in [0.717, 1.165) is 30.5 Å². The molecular formula is C17H26ClN3O2. The number of benzene rings is 1. The SMILES string of the molecule is CCNC(=O)c1ccc(NC(=O)C[C@@H]2CCC[C@H]2N)c(C)c1.Cl. The van der Waals surface area contributed by atoms with Crippen molar-refractivity contribution in [3.63, 3.8) is 0 Å². The second-order valence-corrected chi connectivity index (χ2v) is 6.00. The lowest BCUT2D eigenvalue weighted by Crippen LogP contribution is -2.28. The highest BCUT2D eigenvalue weighted by atomic mass is 35.5. The summed E-state index contributed by atoms with van der Waals surface area (Å²) in [5.74, 6) is 0.187. The van der Waals surface area contributed by atoms with Crippen LogP contribution in [0, 0.1) is 12.8 Å². The molecule has 1 aromatic carbocycles. The quantitative estimate of drug-likeness (QED) is 0.771. The molecule has 1 aliphatic carbocycles. The number of carbonyl (C=O) groups excluding carboxylic acids is 2. The molecule has 0 aliphatic heterocycles. The van der Waals surface area contributed by atoms with Gasteiger partial charge in [-0.3, -0.25) is 9.59 Å². The molecule has 6 heteroatoms. The molecule has 128 valence electrons. The molecular weight excluding hydrogens is 314 g/mol. The van der Waals surface area contributed by atoms with Crippen molar-refractivity contribution >= 4 is 29.9 Å². The Bertz CT molecular complexity index is 563. The van der Waals surface area contributed by atoms with Gasteiger partial charge in [-0.15, -0.1) is 12.4 Å². The van der Waals surface area contributed by atoms with E-state index in [1.54, 1.807) is 18.2 Å². The van der Waals surface area contributed by atoms with Crippen LogP contribution in [0.5, 0.6) is 0 Å². The summed E-state index contributed by atoms with van der Waals surface area (Å²) in [6.07, 6.45) is 3.62. The molecule has 4 N–H and O–H groups in total. The fraction of sp³-hybridized carbons (Fsp3) is 0.529. The zero-order valence-electron chi connectivity index (χ0n) is 13.7. The summed E-state index contributed by atoms with van der Waals surface area (Å²) in [4.78, 5) is 23.9. The van der Waals surface area contributed by atoms with E-state index >= 15 is 0 Å². The third-order valence-electron chi connectivity index (χ3n) is 4.27. The van der Waals surface area contributed by atoms with Crippen LogP contribution in [0.4, 0.5) is 5.69 Å². The van der Waals surface area contributed by atoms with Gasteiger partial charge in [-0.05, 0) is 56.4 Å². The van der Waals surface area contributed by atoms with Crippen molar-refractivity contribution in [2.24, 2.45) is 11.7 Å². The summed E-state index contributed by atoms with van der Waals surface area (Å²) < 4.78 is 0. The van der Waals surface area contributed by atoms with Crippen LogP contribution in [-0.2, 0) is 4.79 Å². The Morgan fingerprint density at radius 2 is 2.04 bits per heavy atom. The van der Waals surface area contributed by atoms with Gasteiger partial charge in [-0.25, -0.2) is 0 Å². The molecule has 1 fully saturated rings. The molecule has 0 radical (unpaired) electrons. The maximum atomic E-state index is 12.1. The Morgan fingerprint density at radius 3 is 2.61 bits per heavy atom. The number of rotatable bonds is 5. The van der Waals surface area contributed by atoms with Crippen LogP contribution < -0.4 is 16.4 Å². The van der Waals surface area contributed by atoms with Gasteiger partial charge in [0.2, 0.25) is 5.91 Å². The van der Waals surface area contributed by atoms with Gasteiger partial charge >= 0.3 is 0 Å². The Balaban J connectivity index is 0.00000264. The number of carbonyl (C=O) groups is 2. The number of nitrogens with two attached hydrogens (primary N) is 1. The lowest BCUT2D eigenvalue weighted by molar-refractivity contribution is -0.117. The maximum absolute atomic E-state index is 12.1. The molecule has 5 nitrogen and oxygen atoms in total. The van der Waals surface area contributed by atoms with E-state index in [4.69, 9.17) is 5.73 Å². The topological polar surface area (TPSA) is 84.2 Å². The number of amides is 2. The van der Waals surface area contributed by atoms with E-state index in [-0.39, 0.29) is 36.2 Å². The number of nitrogens with one attached hydrogen (secondary N) is 2. The monoisotopic (exact) mass is 339 g/mol. The summed E-state index contributed by atoms with van der Waals surface area (Å²) in [5, 5.41) is 5.69. The molecule has 2 rings (SSSR count). The fourth-order valence-electron chi connectivity index (χ4n) is 2.97. The summed E-state index contributed by atoms with van der Waals surface area (Å²) >= 11 is 0. The minimum Gasteiger partial charge on any atom is -0.352 e. The molecule has 0 heterocycles. The summed E-state index contributed by atoms with van der Waals surface area (Å²) in [7, 11) is 0. The van der Waals surface area contributed by atoms with E-state index in [1.165, 1.54) is 0 Å². The molecule has 0 bridgehead atoms. The predicted molar refractivity (Wildman–Crippen MR) is 95.0 cm³/mol. The second kappa shape index (κ2) is 8.89. The standard InChI is InChI=1S/C17H25N3O2.ClH/c1-3-19-17(22)13-7-8-15(11(2)9-13)20-16(21)10-12-5-4-6-14(12)18;/h7-9,12,14H,3-6,10,18H2,1-2H3,(H,19,22)(H,20,21);1H/t12-,14+;/m0./s1. The first-order valence-corrected chi connectivity index (χ1v) is 7.95. The van der Waals surface area contributed by atoms with Crippen LogP contribution in [0.3, 0.4) is 0 Å². The van der Waals surface area contributed by atoms with Crippen molar-refractivity contribution in [3.8, 4) is 0 Å². The Morgan fingerprint density at radius 1 is 1.30 bits per heavy atom. The van der Waals surface area contributed by atoms with E-state index in [1.807, 2.05) is 13.8 Å². The summed E-state index contributed by atoms with van der Waals surface area (Å²) in [6.45, 7) is 4.37. The van der Waals surface area contributed by atoms with Crippen molar-refractivity contribution in [2.45, 2.75) is 45.6 Å². The maximum Gasteiger partial charge on any atom is 0.251 e. The lowest BCUT2D eigenvalue weighted by Gasteiger charge is -2.16. The van der Waals surface area contributed by atoms with E-state index in [9.17, 15) is 9.59 Å². The predicted octanol–water partition coefficient (Wildman–Crippen LogP) is 2.62. The van der Waals surface area contributed by atoms with Crippen LogP contribution in [0.15, 0.2) is 18.2 Å². The van der Waals surface area contributed by atoms with Gasteiger partial charge in [0.15, 0.2) is 0 Å². The van der Waals surface area contributed by atoms with Crippen molar-refractivity contribution in [1.82, 2.24) is 5.32 Å². The minimum atomic E-state index is -0.0968. The van der Waals surface area contributed by atoms with Crippen LogP contribution >= 0.6 is 12.4 Å². The second-order valence-electron chi connectivity index (χ2n) is 6.00. The first kappa shape index (κ1) is 19.5. The molecule has 1 saturated carbocycles. The van der Waals surface area contributed by atoms with Crippen molar-refractivity contribution < 1.29 is 9.59 Å². The van der Waals surface area contributed by atoms with E-state index < -0.39 is 0 Å². The molecule has 2 atom stereocenters. The summed E-state index contributed by atoms with van der Waals surface area (Å²) in [6, 6.07) is 5.45. The summed E-state index contributed by atoms with van der Waals surface area (Å²) in [5.41, 5.74) is 8.25. The zero-order valence-corrected chi connectivity index (χ0v) is 14.5. The number of hydrogen-bond donors (Lipinski definition) is 3. The first-order valence-electron chi connectivity index (χ1n) is 7.95. The van der Waals surface area contributed by atoms with Gasteiger partial charge in [0.05, 0.1) is 0 Å². The highest BCUT2D eigenvalue weighted by Gasteiger charge is 2.26. The number of anilines is 1. The number of halogens is 1. The molecule has 0 unspecified atom stereocenters. The highest BCUT2D eigenvalue weighted by Crippen LogP contribution is 2.27. The molecule has 1 aliphatic rings. The van der Waals surface area contributed by atoms with Gasteiger partial charge < -0.3 is 16.4 Å². The van der Waals surface area contributed by atoms with Gasteiger partial charge in [-0.2, -0.15) is 0 Å². The van der Waals surface area contributed by atoms with Gasteiger partial charge in [0.25, 0.3) is 5.91 Å². The number of hydrogen-bond acceptors (Lipinski definition) is 3. The van der Waals surface area contributed by atoms with E-state index in [2.05, 4.69) is 10.6 Å². The van der Waals surface area contributed by atoms with Crippen molar-refractivity contribution in [1.29, 1.82) is 0 Å². The molecule has 1 aromatic rings. The van der Waals surface area contributed by atoms with Crippen molar-refractivity contribution in [3.05, 3.63) is 29.3 Å². The Kier molecular flexibility index (Phi) is 7.52. The van der Waals surface area contributed by atoms with Crippen LogP contribution in [0.25, 0.3) is 0 Å². The smallest absolute Gasteiger partial charge is 0.251 e. The zero-order chi connectivity index (χ0) is 16.1. The normalized spacial score (nSPS) is 19.8. The van der Waals surface area contributed by atoms with Gasteiger partial charge in [-0.1, -0.05) is 6.42 Å². The largest absolute Gasteiger partial charge is 0.352 e. The van der Waals surface area contributed by atoms with E-state index in [0.29, 0.717) is 18.5 Å². The molecule has 23 heavy (non-hydrogen) atoms. The first-order chi connectivity index (χ1) is 10.5. The molecule has 0 aromatic heterocycles. The van der Waals surface area contributed by atoms with Crippen LogP contribution in [0.2, 0.25) is 0 Å². The third kappa shape index (κ3) is 5.22. The molecule has 0 spiro atoms. The third-order valence-corrected chi connectivity index (χ3v) is 4.27. The average Bonchev–Trinajstić information content (AvgIpc) is 2.86. The highest BCUT2D eigenvalue weighted by molar-refractivity contribution is 5.96. The Hall–Kier alpha value is -1.59. The van der Waals surface area contributed by atoms with Crippen molar-refractivity contribution in [2.75, 3.05) is 11.9 Å². The average molecular weight is 340 g/mol. The number of aryl methyl sites for hydroxylation is 1. The van der Waals surface area contributed by atoms with Crippen LogP contribution in [0.1, 0.15) is 48.5 Å². The Labute approximate surface area is 143 Å². The van der Waals surface area contributed by atoms with Gasteiger partial charge in [0, 0.05) is 30.3 Å². The van der Waals surface area contributed by atoms with Crippen LogP contribution in [-0.4, -0.2) is 24.4 Å².